The minimum Gasteiger partial charge on any atom is -0.462 e. The predicted molar refractivity (Wildman–Crippen MR) is 104 cm³/mol. The van der Waals surface area contributed by atoms with Crippen molar-refractivity contribution >= 4 is 5.91 Å². The first-order chi connectivity index (χ1) is 14.8. The molecule has 3 aliphatic rings. The van der Waals surface area contributed by atoms with E-state index in [1.165, 1.54) is 6.92 Å². The van der Waals surface area contributed by atoms with Crippen molar-refractivity contribution in [2.45, 2.75) is 68.6 Å². The van der Waals surface area contributed by atoms with Crippen LogP contribution in [0, 0.1) is 0 Å². The molecule has 11 nitrogen and oxygen atoms in total. The van der Waals surface area contributed by atoms with Crippen molar-refractivity contribution in [3.05, 3.63) is 36.1 Å². The number of rotatable bonds is 7. The molecule has 1 amide bonds. The summed E-state index contributed by atoms with van der Waals surface area (Å²) >= 11 is 0. The first-order valence-corrected chi connectivity index (χ1v) is 10.0. The Morgan fingerprint density at radius 3 is 2.42 bits per heavy atom. The summed E-state index contributed by atoms with van der Waals surface area (Å²) in [7, 11) is 0. The average molecular weight is 443 g/mol. The van der Waals surface area contributed by atoms with Crippen LogP contribution in [-0.2, 0) is 23.7 Å². The zero-order valence-corrected chi connectivity index (χ0v) is 17.0. The second-order valence-electron chi connectivity index (χ2n) is 7.53. The molecule has 0 radical (unpaired) electrons. The molecule has 4 unspecified atom stereocenters. The molecular formula is C20H29NO10. The van der Waals surface area contributed by atoms with Gasteiger partial charge in [0.2, 0.25) is 12.2 Å². The van der Waals surface area contributed by atoms with Crippen molar-refractivity contribution in [3.8, 4) is 0 Å². The van der Waals surface area contributed by atoms with Crippen LogP contribution >= 0.6 is 0 Å². The molecule has 31 heavy (non-hydrogen) atoms. The molecule has 174 valence electrons. The number of allylic oxidation sites excluding steroid dienone is 1. The van der Waals surface area contributed by atoms with Gasteiger partial charge in [0.15, 0.2) is 6.29 Å². The second-order valence-corrected chi connectivity index (χ2v) is 7.53. The Morgan fingerprint density at radius 2 is 1.81 bits per heavy atom. The third-order valence-corrected chi connectivity index (χ3v) is 5.16. The van der Waals surface area contributed by atoms with Gasteiger partial charge in [0.1, 0.15) is 42.4 Å². The van der Waals surface area contributed by atoms with Crippen LogP contribution in [0.15, 0.2) is 36.1 Å². The smallest absolute Gasteiger partial charge is 0.220 e. The molecule has 2 heterocycles. The molecule has 3 rings (SSSR count). The first kappa shape index (κ1) is 23.8. The quantitative estimate of drug-likeness (QED) is 0.238. The van der Waals surface area contributed by atoms with Crippen LogP contribution in [0.2, 0.25) is 0 Å². The lowest BCUT2D eigenvalue weighted by Gasteiger charge is -2.42. The Kier molecular flexibility index (Phi) is 8.19. The number of aliphatic hydroxyl groups excluding tert-OH is 5. The van der Waals surface area contributed by atoms with Gasteiger partial charge in [-0.25, -0.2) is 0 Å². The zero-order valence-electron chi connectivity index (χ0n) is 17.0. The highest BCUT2D eigenvalue weighted by atomic mass is 16.7. The highest BCUT2D eigenvalue weighted by molar-refractivity contribution is 5.73. The largest absolute Gasteiger partial charge is 0.462 e. The van der Waals surface area contributed by atoms with E-state index in [2.05, 4.69) is 5.32 Å². The van der Waals surface area contributed by atoms with E-state index in [-0.39, 0.29) is 11.9 Å². The van der Waals surface area contributed by atoms with E-state index in [0.717, 1.165) is 0 Å². The molecule has 1 fully saturated rings. The maximum Gasteiger partial charge on any atom is 0.220 e. The molecule has 0 bridgehead atoms. The molecular weight excluding hydrogens is 414 g/mol. The van der Waals surface area contributed by atoms with Crippen LogP contribution in [0.25, 0.3) is 0 Å². The number of carbonyl (C=O) groups is 1. The minimum atomic E-state index is -1.57. The van der Waals surface area contributed by atoms with Gasteiger partial charge in [-0.05, 0) is 24.6 Å². The van der Waals surface area contributed by atoms with Crippen LogP contribution < -0.4 is 5.32 Å². The van der Waals surface area contributed by atoms with E-state index in [1.54, 1.807) is 24.3 Å². The molecule has 1 aliphatic carbocycles. The fourth-order valence-corrected chi connectivity index (χ4v) is 3.49. The number of aliphatic hydroxyl groups is 5. The van der Waals surface area contributed by atoms with Crippen molar-refractivity contribution in [1.82, 2.24) is 5.32 Å². The van der Waals surface area contributed by atoms with Crippen LogP contribution in [-0.4, -0.2) is 99.9 Å². The fraction of sp³-hybridized carbons (Fsp3) is 0.650. The number of nitrogens with one attached hydrogen (secondary N) is 1. The first-order valence-electron chi connectivity index (χ1n) is 10.0. The molecule has 0 saturated carbocycles. The molecule has 9 atom stereocenters. The van der Waals surface area contributed by atoms with Crippen molar-refractivity contribution in [2.75, 3.05) is 13.2 Å². The topological polar surface area (TPSA) is 167 Å². The van der Waals surface area contributed by atoms with E-state index in [1.807, 2.05) is 6.08 Å². The lowest BCUT2D eigenvalue weighted by Crippen LogP contribution is -2.60. The molecule has 1 saturated heterocycles. The third kappa shape index (κ3) is 5.90. The summed E-state index contributed by atoms with van der Waals surface area (Å²) < 4.78 is 22.4. The zero-order chi connectivity index (χ0) is 22.5. The summed E-state index contributed by atoms with van der Waals surface area (Å²) in [5, 5.41) is 51.6. The summed E-state index contributed by atoms with van der Waals surface area (Å²) in [6, 6.07) is -0.103. The van der Waals surface area contributed by atoms with Crippen LogP contribution in [0.1, 0.15) is 13.3 Å². The summed E-state index contributed by atoms with van der Waals surface area (Å²) in [5.41, 5.74) is 0. The van der Waals surface area contributed by atoms with Crippen molar-refractivity contribution in [2.24, 2.45) is 0 Å². The van der Waals surface area contributed by atoms with E-state index >= 15 is 0 Å². The van der Waals surface area contributed by atoms with Crippen LogP contribution in [0.4, 0.5) is 0 Å². The maximum atomic E-state index is 11.1. The SMILES string of the molecule is CC(=O)NC1C=CC(O[C@@H]2C=C[C@H](O[C@H]3OC(CO)[C@@H](O)C(O)[C@H]3O)C(CO)O2)=CC1. The molecule has 0 aromatic rings. The Labute approximate surface area is 179 Å². The third-order valence-electron chi connectivity index (χ3n) is 5.16. The molecule has 6 N–H and O–H groups in total. The normalized spacial score (nSPS) is 40.3. The Bertz CT molecular complexity index is 708. The summed E-state index contributed by atoms with van der Waals surface area (Å²) in [5.74, 6) is 0.420. The molecule has 0 aromatic heterocycles. The molecule has 0 aromatic carbocycles. The Balaban J connectivity index is 1.58. The molecule has 11 heteroatoms. The van der Waals surface area contributed by atoms with Gasteiger partial charge in [-0.1, -0.05) is 12.2 Å². The number of hydrogen-bond donors (Lipinski definition) is 6. The summed E-state index contributed by atoms with van der Waals surface area (Å²) in [4.78, 5) is 11.1. The number of amides is 1. The standard InChI is InChI=1S/C20H29NO10/c1-10(24)21-11-2-4-12(5-3-11)28-16-7-6-13(14(8-22)29-16)30-20-19(27)18(26)17(25)15(9-23)31-20/h2,4-7,11,13-20,22-23,25-27H,3,8-9H2,1H3,(H,21,24)/t11?,13-,14?,15?,16-,17+,18?,19+,20-/m0/s1. The Hall–Kier alpha value is -1.83. The van der Waals surface area contributed by atoms with Gasteiger partial charge in [0, 0.05) is 6.92 Å². The Morgan fingerprint density at radius 1 is 1.06 bits per heavy atom. The highest BCUT2D eigenvalue weighted by Gasteiger charge is 2.45. The van der Waals surface area contributed by atoms with Crippen LogP contribution in [0.5, 0.6) is 0 Å². The van der Waals surface area contributed by atoms with E-state index in [0.29, 0.717) is 12.2 Å². The van der Waals surface area contributed by atoms with Gasteiger partial charge in [0.05, 0.1) is 19.3 Å². The second kappa shape index (κ2) is 10.7. The van der Waals surface area contributed by atoms with Crippen LogP contribution in [0.3, 0.4) is 0 Å². The van der Waals surface area contributed by atoms with Crippen molar-refractivity contribution in [1.29, 1.82) is 0 Å². The van der Waals surface area contributed by atoms with Gasteiger partial charge in [-0.15, -0.1) is 0 Å². The van der Waals surface area contributed by atoms with E-state index in [4.69, 9.17) is 18.9 Å². The average Bonchev–Trinajstić information content (AvgIpc) is 2.76. The molecule has 2 aliphatic heterocycles. The summed E-state index contributed by atoms with van der Waals surface area (Å²) in [6.45, 7) is 0.445. The lowest BCUT2D eigenvalue weighted by molar-refractivity contribution is -0.318. The number of ether oxygens (including phenoxy) is 4. The van der Waals surface area contributed by atoms with Gasteiger partial charge < -0.3 is 49.8 Å². The fourth-order valence-electron chi connectivity index (χ4n) is 3.49. The lowest BCUT2D eigenvalue weighted by atomic mass is 9.99. The van der Waals surface area contributed by atoms with Gasteiger partial charge in [-0.3, -0.25) is 4.79 Å². The highest BCUT2D eigenvalue weighted by Crippen LogP contribution is 2.27. The monoisotopic (exact) mass is 443 g/mol. The maximum absolute atomic E-state index is 11.1. The number of carbonyl (C=O) groups excluding carboxylic acids is 1. The molecule has 0 spiro atoms. The predicted octanol–water partition coefficient (Wildman–Crippen LogP) is -2.19. The van der Waals surface area contributed by atoms with E-state index < -0.39 is 62.4 Å². The van der Waals surface area contributed by atoms with Crippen molar-refractivity contribution < 1.29 is 49.3 Å². The van der Waals surface area contributed by atoms with Gasteiger partial charge in [0.25, 0.3) is 0 Å². The van der Waals surface area contributed by atoms with Gasteiger partial charge in [-0.2, -0.15) is 0 Å². The summed E-state index contributed by atoms with van der Waals surface area (Å²) in [6.07, 6.45) is -0.561. The number of hydrogen-bond acceptors (Lipinski definition) is 10. The van der Waals surface area contributed by atoms with E-state index in [9.17, 15) is 30.3 Å². The minimum absolute atomic E-state index is 0.103. The van der Waals surface area contributed by atoms with Crippen molar-refractivity contribution in [3.63, 3.8) is 0 Å². The van der Waals surface area contributed by atoms with Gasteiger partial charge >= 0.3 is 0 Å².